The van der Waals surface area contributed by atoms with Crippen LogP contribution in [0.15, 0.2) is 42.5 Å². The number of amides is 1. The topological polar surface area (TPSA) is 81.5 Å². The van der Waals surface area contributed by atoms with Crippen LogP contribution in [0.3, 0.4) is 0 Å². The number of nitrogens with one attached hydrogen (secondary N) is 1. The summed E-state index contributed by atoms with van der Waals surface area (Å²) in [5.41, 5.74) is 1.23. The van der Waals surface area contributed by atoms with E-state index >= 15 is 0 Å². The minimum Gasteiger partial charge on any atom is -0.474 e. The minimum absolute atomic E-state index is 0.0444. The van der Waals surface area contributed by atoms with Crippen LogP contribution in [0.2, 0.25) is 5.02 Å². The van der Waals surface area contributed by atoms with Crippen LogP contribution in [0, 0.1) is 17.0 Å². The number of benzene rings is 2. The van der Waals surface area contributed by atoms with Gasteiger partial charge in [0.15, 0.2) is 11.9 Å². The number of rotatable bonds is 5. The first-order chi connectivity index (χ1) is 10.9. The van der Waals surface area contributed by atoms with Crippen molar-refractivity contribution in [2.75, 3.05) is 5.32 Å². The molecule has 1 unspecified atom stereocenters. The molecule has 1 N–H and O–H groups in total. The fourth-order valence-electron chi connectivity index (χ4n) is 1.91. The number of halogens is 1. The van der Waals surface area contributed by atoms with E-state index < -0.39 is 16.9 Å². The average Bonchev–Trinajstić information content (AvgIpc) is 2.51. The quantitative estimate of drug-likeness (QED) is 0.662. The van der Waals surface area contributed by atoms with Crippen molar-refractivity contribution in [1.82, 2.24) is 0 Å². The molecule has 7 heteroatoms. The van der Waals surface area contributed by atoms with Gasteiger partial charge >= 0.3 is 5.69 Å². The first-order valence-corrected chi connectivity index (χ1v) is 7.23. The van der Waals surface area contributed by atoms with Gasteiger partial charge in [-0.2, -0.15) is 0 Å². The van der Waals surface area contributed by atoms with Gasteiger partial charge in [0.25, 0.3) is 5.91 Å². The van der Waals surface area contributed by atoms with Crippen molar-refractivity contribution in [2.45, 2.75) is 20.0 Å². The number of nitro benzene ring substituents is 1. The van der Waals surface area contributed by atoms with Crippen LogP contribution in [0.1, 0.15) is 12.5 Å². The van der Waals surface area contributed by atoms with E-state index in [1.807, 2.05) is 6.92 Å². The Kier molecular flexibility index (Phi) is 5.18. The van der Waals surface area contributed by atoms with Gasteiger partial charge in [-0.1, -0.05) is 29.8 Å². The Balaban J connectivity index is 2.12. The maximum Gasteiger partial charge on any atom is 0.310 e. The molecule has 0 saturated carbocycles. The molecule has 1 amide bonds. The molecule has 0 aromatic heterocycles. The van der Waals surface area contributed by atoms with E-state index in [1.165, 1.54) is 25.1 Å². The van der Waals surface area contributed by atoms with Gasteiger partial charge in [0.1, 0.15) is 0 Å². The molecule has 0 heterocycles. The number of para-hydroxylation sites is 2. The molecule has 120 valence electrons. The molecular formula is C16H15ClN2O4. The lowest BCUT2D eigenvalue weighted by Crippen LogP contribution is -2.30. The first-order valence-electron chi connectivity index (χ1n) is 6.85. The summed E-state index contributed by atoms with van der Waals surface area (Å²) in [6, 6.07) is 11.0. The van der Waals surface area contributed by atoms with Crippen molar-refractivity contribution in [3.63, 3.8) is 0 Å². The molecule has 23 heavy (non-hydrogen) atoms. The summed E-state index contributed by atoms with van der Waals surface area (Å²) in [6.45, 7) is 3.35. The summed E-state index contributed by atoms with van der Waals surface area (Å²) in [7, 11) is 0. The van der Waals surface area contributed by atoms with Crippen molar-refractivity contribution in [3.8, 4) is 5.75 Å². The van der Waals surface area contributed by atoms with E-state index in [9.17, 15) is 14.9 Å². The van der Waals surface area contributed by atoms with Crippen LogP contribution in [0.4, 0.5) is 11.4 Å². The highest BCUT2D eigenvalue weighted by atomic mass is 35.5. The molecule has 0 radical (unpaired) electrons. The average molecular weight is 335 g/mol. The Bertz CT molecular complexity index is 749. The monoisotopic (exact) mass is 334 g/mol. The lowest BCUT2D eigenvalue weighted by atomic mass is 10.2. The lowest BCUT2D eigenvalue weighted by Gasteiger charge is -2.15. The van der Waals surface area contributed by atoms with Gasteiger partial charge < -0.3 is 10.1 Å². The molecule has 0 saturated heterocycles. The van der Waals surface area contributed by atoms with Crippen molar-refractivity contribution in [2.24, 2.45) is 0 Å². The number of nitro groups is 1. The fraction of sp³-hybridized carbons (Fsp3) is 0.188. The Hall–Kier alpha value is -2.60. The third-order valence-corrected chi connectivity index (χ3v) is 3.43. The van der Waals surface area contributed by atoms with Crippen LogP contribution in [-0.2, 0) is 4.79 Å². The normalized spacial score (nSPS) is 11.6. The molecule has 1 atom stereocenters. The van der Waals surface area contributed by atoms with Gasteiger partial charge in [-0.05, 0) is 37.6 Å². The SMILES string of the molecule is Cc1ccc(Cl)cc1NC(=O)C(C)Oc1ccccc1[N+](=O)[O-]. The number of anilines is 1. The van der Waals surface area contributed by atoms with Crippen LogP contribution < -0.4 is 10.1 Å². The van der Waals surface area contributed by atoms with Gasteiger partial charge in [-0.25, -0.2) is 0 Å². The van der Waals surface area contributed by atoms with E-state index in [4.69, 9.17) is 16.3 Å². The van der Waals surface area contributed by atoms with Crippen LogP contribution in [-0.4, -0.2) is 16.9 Å². The molecule has 0 aliphatic carbocycles. The van der Waals surface area contributed by atoms with E-state index in [0.717, 1.165) is 5.56 Å². The Labute approximate surface area is 138 Å². The summed E-state index contributed by atoms with van der Waals surface area (Å²) in [6.07, 6.45) is -0.908. The smallest absolute Gasteiger partial charge is 0.310 e. The number of hydrogen-bond acceptors (Lipinski definition) is 4. The molecule has 0 fully saturated rings. The minimum atomic E-state index is -0.908. The molecule has 2 aromatic rings. The summed E-state index contributed by atoms with van der Waals surface area (Å²) in [5, 5.41) is 14.2. The molecule has 0 aliphatic rings. The van der Waals surface area contributed by atoms with E-state index in [0.29, 0.717) is 10.7 Å². The first kappa shape index (κ1) is 16.8. The summed E-state index contributed by atoms with van der Waals surface area (Å²) >= 11 is 5.91. The van der Waals surface area contributed by atoms with Gasteiger partial charge in [0, 0.05) is 16.8 Å². The number of carbonyl (C=O) groups excluding carboxylic acids is 1. The fourth-order valence-corrected chi connectivity index (χ4v) is 2.09. The van der Waals surface area contributed by atoms with E-state index in [-0.39, 0.29) is 11.4 Å². The van der Waals surface area contributed by atoms with E-state index in [1.54, 1.807) is 24.3 Å². The maximum atomic E-state index is 12.2. The zero-order valence-corrected chi connectivity index (χ0v) is 13.3. The van der Waals surface area contributed by atoms with Gasteiger partial charge in [0.2, 0.25) is 0 Å². The van der Waals surface area contributed by atoms with Crippen LogP contribution in [0.5, 0.6) is 5.75 Å². The molecule has 2 rings (SSSR count). The van der Waals surface area contributed by atoms with Gasteiger partial charge in [0.05, 0.1) is 4.92 Å². The molecule has 0 spiro atoms. The zero-order chi connectivity index (χ0) is 17.0. The molecule has 0 bridgehead atoms. The molecule has 6 nitrogen and oxygen atoms in total. The summed E-state index contributed by atoms with van der Waals surface area (Å²) < 4.78 is 5.42. The van der Waals surface area contributed by atoms with Gasteiger partial charge in [-0.15, -0.1) is 0 Å². The van der Waals surface area contributed by atoms with Crippen molar-refractivity contribution >= 4 is 28.9 Å². The lowest BCUT2D eigenvalue weighted by molar-refractivity contribution is -0.386. The third kappa shape index (κ3) is 4.20. The predicted molar refractivity (Wildman–Crippen MR) is 88.0 cm³/mol. The van der Waals surface area contributed by atoms with Crippen LogP contribution >= 0.6 is 11.6 Å². The zero-order valence-electron chi connectivity index (χ0n) is 12.6. The summed E-state index contributed by atoms with van der Waals surface area (Å²) in [5.74, 6) is -0.378. The second kappa shape index (κ2) is 7.11. The highest BCUT2D eigenvalue weighted by Gasteiger charge is 2.21. The number of hydrogen-bond donors (Lipinski definition) is 1. The largest absolute Gasteiger partial charge is 0.474 e. The van der Waals surface area contributed by atoms with Crippen molar-refractivity contribution < 1.29 is 14.5 Å². The highest BCUT2D eigenvalue weighted by Crippen LogP contribution is 2.27. The van der Waals surface area contributed by atoms with Crippen molar-refractivity contribution in [3.05, 3.63) is 63.2 Å². The third-order valence-electron chi connectivity index (χ3n) is 3.19. The Morgan fingerprint density at radius 2 is 2.00 bits per heavy atom. The van der Waals surface area contributed by atoms with E-state index in [2.05, 4.69) is 5.32 Å². The van der Waals surface area contributed by atoms with Crippen LogP contribution in [0.25, 0.3) is 0 Å². The highest BCUT2D eigenvalue weighted by molar-refractivity contribution is 6.31. The number of carbonyl (C=O) groups is 1. The second-order valence-corrected chi connectivity index (χ2v) is 5.37. The maximum absolute atomic E-state index is 12.2. The summed E-state index contributed by atoms with van der Waals surface area (Å²) in [4.78, 5) is 22.6. The molecule has 2 aromatic carbocycles. The predicted octanol–water partition coefficient (Wildman–Crippen LogP) is 3.96. The standard InChI is InChI=1S/C16H15ClN2O4/c1-10-7-8-12(17)9-13(10)18-16(20)11(2)23-15-6-4-3-5-14(15)19(21)22/h3-9,11H,1-2H3,(H,18,20). The number of nitrogens with zero attached hydrogens (tertiary/aromatic N) is 1. The van der Waals surface area contributed by atoms with Crippen molar-refractivity contribution in [1.29, 1.82) is 0 Å². The molecular weight excluding hydrogens is 320 g/mol. The molecule has 0 aliphatic heterocycles. The number of aryl methyl sites for hydroxylation is 1. The Morgan fingerprint density at radius 1 is 1.30 bits per heavy atom. The Morgan fingerprint density at radius 3 is 2.70 bits per heavy atom. The number of ether oxygens (including phenoxy) is 1. The van der Waals surface area contributed by atoms with Gasteiger partial charge in [-0.3, -0.25) is 14.9 Å². The second-order valence-electron chi connectivity index (χ2n) is 4.93.